The number of phenolic OH excluding ortho intramolecular Hbond substituents is 1. The van der Waals surface area contributed by atoms with Gasteiger partial charge in [-0.3, -0.25) is 0 Å². The Hall–Kier alpha value is -1.02. The molecule has 1 aromatic rings. The van der Waals surface area contributed by atoms with Crippen LogP contribution in [-0.2, 0) is 4.74 Å². The van der Waals surface area contributed by atoms with Crippen molar-refractivity contribution >= 4 is 0 Å². The second-order valence-electron chi connectivity index (χ2n) is 4.65. The quantitative estimate of drug-likeness (QED) is 0.842. The lowest BCUT2D eigenvalue weighted by atomic mass is 9.92. The summed E-state index contributed by atoms with van der Waals surface area (Å²) in [6, 6.07) is 7.38. The SMILES string of the molecule is CCCC1CCC(c2ccc(O)cc2)OC1. The van der Waals surface area contributed by atoms with Gasteiger partial charge in [-0.25, -0.2) is 0 Å². The van der Waals surface area contributed by atoms with Crippen LogP contribution in [0.15, 0.2) is 24.3 Å². The summed E-state index contributed by atoms with van der Waals surface area (Å²) in [7, 11) is 0. The Labute approximate surface area is 97.3 Å². The van der Waals surface area contributed by atoms with Crippen LogP contribution in [0.2, 0.25) is 0 Å². The molecular formula is C14H20O2. The standard InChI is InChI=1S/C14H20O2/c1-2-3-11-4-9-14(16-10-11)12-5-7-13(15)8-6-12/h5-8,11,14-15H,2-4,9-10H2,1H3. The van der Waals surface area contributed by atoms with Crippen LogP contribution in [0.3, 0.4) is 0 Å². The summed E-state index contributed by atoms with van der Waals surface area (Å²) in [6.07, 6.45) is 5.13. The van der Waals surface area contributed by atoms with Crippen LogP contribution in [0.4, 0.5) is 0 Å². The van der Waals surface area contributed by atoms with Gasteiger partial charge in [0.05, 0.1) is 12.7 Å². The molecule has 2 unspecified atom stereocenters. The number of hydrogen-bond donors (Lipinski definition) is 1. The third-order valence-corrected chi connectivity index (χ3v) is 3.33. The molecule has 2 rings (SSSR count). The summed E-state index contributed by atoms with van der Waals surface area (Å²) in [5.41, 5.74) is 1.19. The number of hydrogen-bond acceptors (Lipinski definition) is 2. The Morgan fingerprint density at radius 1 is 1.25 bits per heavy atom. The largest absolute Gasteiger partial charge is 0.508 e. The zero-order valence-corrected chi connectivity index (χ0v) is 9.86. The van der Waals surface area contributed by atoms with Crippen LogP contribution in [0.1, 0.15) is 44.3 Å². The average Bonchev–Trinajstić information content (AvgIpc) is 2.32. The van der Waals surface area contributed by atoms with Crippen LogP contribution < -0.4 is 0 Å². The number of phenols is 1. The fraction of sp³-hybridized carbons (Fsp3) is 0.571. The summed E-state index contributed by atoms with van der Waals surface area (Å²) < 4.78 is 5.89. The summed E-state index contributed by atoms with van der Waals surface area (Å²) >= 11 is 0. The minimum atomic E-state index is 0.230. The van der Waals surface area contributed by atoms with Crippen molar-refractivity contribution in [3.63, 3.8) is 0 Å². The summed E-state index contributed by atoms with van der Waals surface area (Å²) in [4.78, 5) is 0. The van der Waals surface area contributed by atoms with Crippen molar-refractivity contribution in [1.29, 1.82) is 0 Å². The van der Waals surface area contributed by atoms with E-state index in [-0.39, 0.29) is 6.10 Å². The van der Waals surface area contributed by atoms with Crippen LogP contribution in [0.25, 0.3) is 0 Å². The van der Waals surface area contributed by atoms with E-state index in [1.165, 1.54) is 24.8 Å². The molecule has 0 aromatic heterocycles. The third kappa shape index (κ3) is 2.76. The smallest absolute Gasteiger partial charge is 0.115 e. The van der Waals surface area contributed by atoms with Crippen molar-refractivity contribution in [3.8, 4) is 5.75 Å². The molecule has 0 radical (unpaired) electrons. The maximum atomic E-state index is 9.23. The molecule has 1 aliphatic heterocycles. The Morgan fingerprint density at radius 2 is 2.00 bits per heavy atom. The molecule has 2 nitrogen and oxygen atoms in total. The van der Waals surface area contributed by atoms with Crippen molar-refractivity contribution in [2.45, 2.75) is 38.7 Å². The molecule has 1 heterocycles. The predicted molar refractivity (Wildman–Crippen MR) is 64.4 cm³/mol. The Bertz CT molecular complexity index is 310. The first-order chi connectivity index (χ1) is 7.79. The van der Waals surface area contributed by atoms with Gasteiger partial charge in [0.1, 0.15) is 5.75 Å². The van der Waals surface area contributed by atoms with E-state index in [2.05, 4.69) is 6.92 Å². The van der Waals surface area contributed by atoms with Crippen LogP contribution >= 0.6 is 0 Å². The molecule has 1 aromatic carbocycles. The van der Waals surface area contributed by atoms with E-state index in [9.17, 15) is 5.11 Å². The average molecular weight is 220 g/mol. The number of ether oxygens (including phenoxy) is 1. The Balaban J connectivity index is 1.91. The zero-order valence-electron chi connectivity index (χ0n) is 9.86. The van der Waals surface area contributed by atoms with Gasteiger partial charge in [0, 0.05) is 0 Å². The molecule has 1 N–H and O–H groups in total. The maximum Gasteiger partial charge on any atom is 0.115 e. The highest BCUT2D eigenvalue weighted by atomic mass is 16.5. The van der Waals surface area contributed by atoms with Gasteiger partial charge >= 0.3 is 0 Å². The maximum absolute atomic E-state index is 9.23. The normalized spacial score (nSPS) is 25.6. The Kier molecular flexibility index (Phi) is 3.83. The minimum Gasteiger partial charge on any atom is -0.508 e. The lowest BCUT2D eigenvalue weighted by molar-refractivity contribution is -0.0194. The minimum absolute atomic E-state index is 0.230. The van der Waals surface area contributed by atoms with E-state index in [0.717, 1.165) is 18.9 Å². The zero-order chi connectivity index (χ0) is 11.4. The van der Waals surface area contributed by atoms with Gasteiger partial charge < -0.3 is 9.84 Å². The number of rotatable bonds is 3. The first-order valence-electron chi connectivity index (χ1n) is 6.20. The summed E-state index contributed by atoms with van der Waals surface area (Å²) in [6.45, 7) is 3.12. The molecule has 0 amide bonds. The van der Waals surface area contributed by atoms with Crippen molar-refractivity contribution in [2.75, 3.05) is 6.61 Å². The van der Waals surface area contributed by atoms with Gasteiger partial charge in [0.25, 0.3) is 0 Å². The molecule has 2 heteroatoms. The lowest BCUT2D eigenvalue weighted by Gasteiger charge is -2.29. The van der Waals surface area contributed by atoms with E-state index in [4.69, 9.17) is 4.74 Å². The third-order valence-electron chi connectivity index (χ3n) is 3.33. The van der Waals surface area contributed by atoms with Crippen molar-refractivity contribution in [3.05, 3.63) is 29.8 Å². The van der Waals surface area contributed by atoms with E-state index < -0.39 is 0 Å². The van der Waals surface area contributed by atoms with Gasteiger partial charge in [0.15, 0.2) is 0 Å². The van der Waals surface area contributed by atoms with Crippen LogP contribution in [0.5, 0.6) is 5.75 Å². The lowest BCUT2D eigenvalue weighted by Crippen LogP contribution is -2.20. The molecule has 1 fully saturated rings. The summed E-state index contributed by atoms with van der Waals surface area (Å²) in [5, 5.41) is 9.23. The van der Waals surface area contributed by atoms with Gasteiger partial charge in [-0.05, 0) is 42.9 Å². The highest BCUT2D eigenvalue weighted by Gasteiger charge is 2.22. The van der Waals surface area contributed by atoms with Gasteiger partial charge in [-0.15, -0.1) is 0 Å². The molecule has 16 heavy (non-hydrogen) atoms. The molecule has 88 valence electrons. The molecular weight excluding hydrogens is 200 g/mol. The van der Waals surface area contributed by atoms with Crippen LogP contribution in [-0.4, -0.2) is 11.7 Å². The van der Waals surface area contributed by atoms with Crippen molar-refractivity contribution < 1.29 is 9.84 Å². The summed E-state index contributed by atoms with van der Waals surface area (Å²) in [5.74, 6) is 1.07. The van der Waals surface area contributed by atoms with Gasteiger partial charge in [-0.2, -0.15) is 0 Å². The number of aromatic hydroxyl groups is 1. The fourth-order valence-electron chi connectivity index (χ4n) is 2.39. The molecule has 0 bridgehead atoms. The predicted octanol–water partition coefficient (Wildman–Crippen LogP) is 3.66. The highest BCUT2D eigenvalue weighted by molar-refractivity contribution is 5.27. The van der Waals surface area contributed by atoms with Gasteiger partial charge in [0.2, 0.25) is 0 Å². The second-order valence-corrected chi connectivity index (χ2v) is 4.65. The van der Waals surface area contributed by atoms with Crippen molar-refractivity contribution in [2.24, 2.45) is 5.92 Å². The molecule has 2 atom stereocenters. The van der Waals surface area contributed by atoms with Crippen LogP contribution in [0, 0.1) is 5.92 Å². The van der Waals surface area contributed by atoms with E-state index in [1.807, 2.05) is 12.1 Å². The van der Waals surface area contributed by atoms with E-state index in [1.54, 1.807) is 12.1 Å². The molecule has 0 spiro atoms. The Morgan fingerprint density at radius 3 is 2.56 bits per heavy atom. The van der Waals surface area contributed by atoms with Gasteiger partial charge in [-0.1, -0.05) is 25.5 Å². The number of benzene rings is 1. The molecule has 0 aliphatic carbocycles. The van der Waals surface area contributed by atoms with E-state index in [0.29, 0.717) is 5.75 Å². The first-order valence-corrected chi connectivity index (χ1v) is 6.20. The fourth-order valence-corrected chi connectivity index (χ4v) is 2.39. The second kappa shape index (κ2) is 5.35. The molecule has 0 saturated carbocycles. The topological polar surface area (TPSA) is 29.5 Å². The first kappa shape index (κ1) is 11.5. The highest BCUT2D eigenvalue weighted by Crippen LogP contribution is 2.32. The van der Waals surface area contributed by atoms with Crippen molar-refractivity contribution in [1.82, 2.24) is 0 Å². The molecule has 1 aliphatic rings. The monoisotopic (exact) mass is 220 g/mol. The molecule has 1 saturated heterocycles. The van der Waals surface area contributed by atoms with E-state index >= 15 is 0 Å².